The lowest BCUT2D eigenvalue weighted by molar-refractivity contribution is 0.868. The van der Waals surface area contributed by atoms with Gasteiger partial charge in [0.1, 0.15) is 0 Å². The van der Waals surface area contributed by atoms with Crippen LogP contribution in [-0.2, 0) is 0 Å². The van der Waals surface area contributed by atoms with Gasteiger partial charge >= 0.3 is 0 Å². The van der Waals surface area contributed by atoms with Gasteiger partial charge in [-0.25, -0.2) is 0 Å². The molecule has 0 radical (unpaired) electrons. The van der Waals surface area contributed by atoms with Crippen LogP contribution in [0.3, 0.4) is 0 Å². The Morgan fingerprint density at radius 2 is 1.79 bits per heavy atom. The Morgan fingerprint density at radius 3 is 2.47 bits per heavy atom. The van der Waals surface area contributed by atoms with E-state index in [4.69, 9.17) is 0 Å². The first-order chi connectivity index (χ1) is 9.16. The highest BCUT2D eigenvalue weighted by Gasteiger charge is 2.08. The summed E-state index contributed by atoms with van der Waals surface area (Å²) < 4.78 is 0. The normalized spacial score (nSPS) is 10.8. The first-order valence-electron chi connectivity index (χ1n) is 7.04. The van der Waals surface area contributed by atoms with Crippen LogP contribution in [0.4, 0.5) is 0 Å². The number of nitrogens with one attached hydrogen (secondary N) is 1. The van der Waals surface area contributed by atoms with Crippen molar-refractivity contribution in [3.63, 3.8) is 0 Å². The molecule has 0 aliphatic carbocycles. The smallest absolute Gasteiger partial charge is 0.0681 e. The highest BCUT2D eigenvalue weighted by atomic mass is 14.8. The van der Waals surface area contributed by atoms with Crippen LogP contribution < -0.4 is 0 Å². The molecule has 3 rings (SSSR count). The van der Waals surface area contributed by atoms with E-state index in [0.29, 0.717) is 5.92 Å². The SMILES string of the molecule is CC.Cc1nccc2c1[nH]c1cc(C(C)C)ccc12. The molecule has 2 heteroatoms. The minimum atomic E-state index is 0.560. The van der Waals surface area contributed by atoms with Gasteiger partial charge in [-0.05, 0) is 30.5 Å². The zero-order chi connectivity index (χ0) is 14.0. The lowest BCUT2D eigenvalue weighted by Crippen LogP contribution is -1.85. The summed E-state index contributed by atoms with van der Waals surface area (Å²) in [5.41, 5.74) is 4.80. The zero-order valence-corrected chi connectivity index (χ0v) is 12.4. The monoisotopic (exact) mass is 254 g/mol. The maximum absolute atomic E-state index is 4.33. The number of benzene rings is 1. The van der Waals surface area contributed by atoms with Gasteiger partial charge in [0.15, 0.2) is 0 Å². The van der Waals surface area contributed by atoms with E-state index in [1.165, 1.54) is 21.9 Å². The summed E-state index contributed by atoms with van der Waals surface area (Å²) in [7, 11) is 0. The Hall–Kier alpha value is -1.83. The molecule has 0 saturated heterocycles. The Morgan fingerprint density at radius 1 is 1.05 bits per heavy atom. The molecule has 0 fully saturated rings. The summed E-state index contributed by atoms with van der Waals surface area (Å²) in [6, 6.07) is 8.76. The maximum Gasteiger partial charge on any atom is 0.0681 e. The van der Waals surface area contributed by atoms with Gasteiger partial charge in [-0.3, -0.25) is 4.98 Å². The van der Waals surface area contributed by atoms with Crippen molar-refractivity contribution in [2.45, 2.75) is 40.5 Å². The van der Waals surface area contributed by atoms with Crippen molar-refractivity contribution in [1.29, 1.82) is 0 Å². The fourth-order valence-electron chi connectivity index (χ4n) is 2.34. The Bertz CT molecular complexity index is 693. The van der Waals surface area contributed by atoms with Gasteiger partial charge in [0.25, 0.3) is 0 Å². The summed E-state index contributed by atoms with van der Waals surface area (Å²) >= 11 is 0. The lowest BCUT2D eigenvalue weighted by Gasteiger charge is -2.04. The van der Waals surface area contributed by atoms with E-state index in [-0.39, 0.29) is 0 Å². The van der Waals surface area contributed by atoms with Crippen LogP contribution in [0.1, 0.15) is 44.9 Å². The van der Waals surface area contributed by atoms with Gasteiger partial charge in [0.2, 0.25) is 0 Å². The van der Waals surface area contributed by atoms with Crippen LogP contribution in [0.25, 0.3) is 21.8 Å². The summed E-state index contributed by atoms with van der Waals surface area (Å²) in [5, 5.41) is 2.55. The molecule has 0 saturated carbocycles. The number of pyridine rings is 1. The van der Waals surface area contributed by atoms with Gasteiger partial charge in [-0.1, -0.05) is 39.8 Å². The van der Waals surface area contributed by atoms with Gasteiger partial charge in [-0.15, -0.1) is 0 Å². The van der Waals surface area contributed by atoms with Crippen molar-refractivity contribution in [2.24, 2.45) is 0 Å². The number of rotatable bonds is 1. The van der Waals surface area contributed by atoms with Crippen molar-refractivity contribution in [1.82, 2.24) is 9.97 Å². The molecule has 19 heavy (non-hydrogen) atoms. The number of hydrogen-bond donors (Lipinski definition) is 1. The zero-order valence-electron chi connectivity index (χ0n) is 12.4. The maximum atomic E-state index is 4.33. The second-order valence-corrected chi connectivity index (χ2v) is 4.90. The third kappa shape index (κ3) is 2.35. The summed E-state index contributed by atoms with van der Waals surface area (Å²) in [5.74, 6) is 0.560. The fraction of sp³-hybridized carbons (Fsp3) is 0.353. The second-order valence-electron chi connectivity index (χ2n) is 4.90. The van der Waals surface area contributed by atoms with E-state index < -0.39 is 0 Å². The number of aromatic nitrogens is 2. The molecule has 0 amide bonds. The molecule has 0 unspecified atom stereocenters. The van der Waals surface area contributed by atoms with Crippen LogP contribution in [-0.4, -0.2) is 9.97 Å². The van der Waals surface area contributed by atoms with Gasteiger partial charge in [0, 0.05) is 22.5 Å². The predicted molar refractivity (Wildman–Crippen MR) is 83.8 cm³/mol. The van der Waals surface area contributed by atoms with E-state index in [1.807, 2.05) is 27.0 Å². The highest BCUT2D eigenvalue weighted by Crippen LogP contribution is 2.28. The van der Waals surface area contributed by atoms with E-state index >= 15 is 0 Å². The molecule has 2 nitrogen and oxygen atoms in total. The molecular weight excluding hydrogens is 232 g/mol. The average molecular weight is 254 g/mol. The van der Waals surface area contributed by atoms with Crippen molar-refractivity contribution in [3.8, 4) is 0 Å². The van der Waals surface area contributed by atoms with E-state index in [1.54, 1.807) is 0 Å². The molecule has 0 atom stereocenters. The minimum Gasteiger partial charge on any atom is -0.353 e. The Kier molecular flexibility index (Phi) is 3.89. The van der Waals surface area contributed by atoms with Crippen LogP contribution in [0, 0.1) is 6.92 Å². The molecule has 1 aromatic carbocycles. The third-order valence-corrected chi connectivity index (χ3v) is 3.40. The molecular formula is C17H22N2. The predicted octanol–water partition coefficient (Wildman–Crippen LogP) is 5.17. The minimum absolute atomic E-state index is 0.560. The van der Waals surface area contributed by atoms with Gasteiger partial charge in [-0.2, -0.15) is 0 Å². The van der Waals surface area contributed by atoms with Crippen LogP contribution in [0.5, 0.6) is 0 Å². The van der Waals surface area contributed by atoms with E-state index in [9.17, 15) is 0 Å². The fourth-order valence-corrected chi connectivity index (χ4v) is 2.34. The average Bonchev–Trinajstić information content (AvgIpc) is 2.80. The molecule has 0 bridgehead atoms. The number of nitrogens with zero attached hydrogens (tertiary/aromatic N) is 1. The first-order valence-corrected chi connectivity index (χ1v) is 7.04. The third-order valence-electron chi connectivity index (χ3n) is 3.40. The topological polar surface area (TPSA) is 28.7 Å². The van der Waals surface area contributed by atoms with Crippen LogP contribution >= 0.6 is 0 Å². The molecule has 1 N–H and O–H groups in total. The molecule has 0 aliphatic heterocycles. The van der Waals surface area contributed by atoms with Crippen molar-refractivity contribution >= 4 is 21.8 Å². The quantitative estimate of drug-likeness (QED) is 0.637. The number of hydrogen-bond acceptors (Lipinski definition) is 1. The molecule has 2 heterocycles. The first kappa shape index (κ1) is 13.6. The second kappa shape index (κ2) is 5.43. The molecule has 0 aliphatic rings. The number of fused-ring (bicyclic) bond motifs is 3. The number of aryl methyl sites for hydroxylation is 1. The van der Waals surface area contributed by atoms with Crippen molar-refractivity contribution in [2.75, 3.05) is 0 Å². The summed E-state index contributed by atoms with van der Waals surface area (Å²) in [6.45, 7) is 10.5. The van der Waals surface area contributed by atoms with E-state index in [0.717, 1.165) is 11.2 Å². The Balaban J connectivity index is 0.000000637. The van der Waals surface area contributed by atoms with Crippen molar-refractivity contribution < 1.29 is 0 Å². The van der Waals surface area contributed by atoms with Gasteiger partial charge < -0.3 is 4.98 Å². The molecule has 3 aromatic rings. The van der Waals surface area contributed by atoms with Crippen molar-refractivity contribution in [3.05, 3.63) is 41.7 Å². The van der Waals surface area contributed by atoms with Crippen LogP contribution in [0.2, 0.25) is 0 Å². The van der Waals surface area contributed by atoms with E-state index in [2.05, 4.69) is 48.1 Å². The standard InChI is InChI=1S/C15H16N2.C2H6/c1-9(2)11-4-5-12-13-6-7-16-10(3)15(13)17-14(12)8-11;1-2/h4-9,17H,1-3H3;1-2H3. The van der Waals surface area contributed by atoms with Gasteiger partial charge in [0.05, 0.1) is 11.2 Å². The Labute approximate surface area is 114 Å². The summed E-state index contributed by atoms with van der Waals surface area (Å²) in [4.78, 5) is 7.81. The lowest BCUT2D eigenvalue weighted by atomic mass is 10.0. The molecule has 2 aromatic heterocycles. The molecule has 100 valence electrons. The number of aromatic amines is 1. The number of H-pyrrole nitrogens is 1. The summed E-state index contributed by atoms with van der Waals surface area (Å²) in [6.07, 6.45) is 1.88. The molecule has 0 spiro atoms. The highest BCUT2D eigenvalue weighted by molar-refractivity contribution is 6.07. The largest absolute Gasteiger partial charge is 0.353 e. The van der Waals surface area contributed by atoms with Crippen LogP contribution in [0.15, 0.2) is 30.5 Å².